The third kappa shape index (κ3) is 3.92. The number of benzene rings is 1. The molecule has 3 aromatic rings. The lowest BCUT2D eigenvalue weighted by Gasteiger charge is -2.21. The first-order valence-corrected chi connectivity index (χ1v) is 9.24. The standard InChI is InChI=1S/C19H17Cl3N2O3/c1-10-7-14(25)15-17(24(10)16-11(20)5-4-6-12(16)21)13(22)8-23-18(15)27-9-19(2,3)26/h4-8,26H,9H2,1-3H3. The van der Waals surface area contributed by atoms with Gasteiger partial charge in [-0.15, -0.1) is 0 Å². The van der Waals surface area contributed by atoms with Crippen LogP contribution in [0, 0.1) is 6.92 Å². The molecule has 0 spiro atoms. The number of hydrogen-bond acceptors (Lipinski definition) is 4. The molecule has 0 saturated carbocycles. The molecule has 2 aromatic heterocycles. The van der Waals surface area contributed by atoms with Crippen LogP contribution in [0.4, 0.5) is 0 Å². The Bertz CT molecular complexity index is 1070. The number of nitrogens with zero attached hydrogens (tertiary/aromatic N) is 2. The van der Waals surface area contributed by atoms with Crippen molar-refractivity contribution in [3.05, 3.63) is 61.4 Å². The van der Waals surface area contributed by atoms with E-state index in [1.165, 1.54) is 12.3 Å². The molecule has 2 heterocycles. The van der Waals surface area contributed by atoms with Crippen LogP contribution in [-0.4, -0.2) is 26.9 Å². The minimum Gasteiger partial charge on any atom is -0.474 e. The average Bonchev–Trinajstić information content (AvgIpc) is 2.55. The Hall–Kier alpha value is -1.79. The number of halogens is 3. The fourth-order valence-electron chi connectivity index (χ4n) is 2.75. The molecule has 0 amide bonds. The summed E-state index contributed by atoms with van der Waals surface area (Å²) in [5.41, 5.74) is 0.0950. The fourth-order valence-corrected chi connectivity index (χ4v) is 3.54. The molecule has 0 aliphatic heterocycles. The largest absolute Gasteiger partial charge is 0.474 e. The monoisotopic (exact) mass is 426 g/mol. The van der Waals surface area contributed by atoms with E-state index in [0.29, 0.717) is 26.9 Å². The van der Waals surface area contributed by atoms with Crippen LogP contribution in [0.2, 0.25) is 15.1 Å². The minimum absolute atomic E-state index is 0.0447. The van der Waals surface area contributed by atoms with Gasteiger partial charge >= 0.3 is 0 Å². The van der Waals surface area contributed by atoms with Crippen LogP contribution in [-0.2, 0) is 0 Å². The maximum atomic E-state index is 12.7. The summed E-state index contributed by atoms with van der Waals surface area (Å²) in [5.74, 6) is 0.0819. The first-order chi connectivity index (χ1) is 12.6. The highest BCUT2D eigenvalue weighted by molar-refractivity contribution is 6.38. The molecule has 27 heavy (non-hydrogen) atoms. The second-order valence-corrected chi connectivity index (χ2v) is 8.01. The van der Waals surface area contributed by atoms with Crippen LogP contribution >= 0.6 is 34.8 Å². The van der Waals surface area contributed by atoms with Gasteiger partial charge < -0.3 is 14.4 Å². The Morgan fingerprint density at radius 2 is 1.81 bits per heavy atom. The second-order valence-electron chi connectivity index (χ2n) is 6.79. The van der Waals surface area contributed by atoms with Gasteiger partial charge in [-0.2, -0.15) is 0 Å². The van der Waals surface area contributed by atoms with E-state index in [2.05, 4.69) is 4.98 Å². The molecule has 0 atom stereocenters. The molecular formula is C19H17Cl3N2O3. The van der Waals surface area contributed by atoms with E-state index < -0.39 is 5.60 Å². The molecule has 0 fully saturated rings. The number of rotatable bonds is 4. The lowest BCUT2D eigenvalue weighted by Crippen LogP contribution is -2.28. The SMILES string of the molecule is Cc1cc(=O)c2c(OCC(C)(C)O)ncc(Cl)c2n1-c1c(Cl)cccc1Cl. The average molecular weight is 428 g/mol. The van der Waals surface area contributed by atoms with Crippen molar-refractivity contribution in [3.63, 3.8) is 0 Å². The molecule has 142 valence electrons. The van der Waals surface area contributed by atoms with Crippen molar-refractivity contribution >= 4 is 45.7 Å². The smallest absolute Gasteiger partial charge is 0.227 e. The summed E-state index contributed by atoms with van der Waals surface area (Å²) in [6, 6.07) is 6.58. The number of aliphatic hydroxyl groups is 1. The molecule has 0 radical (unpaired) electrons. The topological polar surface area (TPSA) is 64.3 Å². The molecule has 5 nitrogen and oxygen atoms in total. The van der Waals surface area contributed by atoms with E-state index >= 15 is 0 Å². The molecule has 0 saturated heterocycles. The van der Waals surface area contributed by atoms with Gasteiger partial charge in [-0.25, -0.2) is 4.98 Å². The van der Waals surface area contributed by atoms with Crippen molar-refractivity contribution in [1.82, 2.24) is 9.55 Å². The number of fused-ring (bicyclic) bond motifs is 1. The molecule has 3 rings (SSSR count). The number of pyridine rings is 2. The van der Waals surface area contributed by atoms with Crippen molar-refractivity contribution in [2.45, 2.75) is 26.4 Å². The van der Waals surface area contributed by atoms with Crippen LogP contribution in [0.5, 0.6) is 5.88 Å². The summed E-state index contributed by atoms with van der Waals surface area (Å²) < 4.78 is 7.32. The second kappa shape index (κ2) is 7.32. The molecule has 0 bridgehead atoms. The van der Waals surface area contributed by atoms with Gasteiger partial charge in [-0.05, 0) is 32.9 Å². The van der Waals surface area contributed by atoms with Crippen molar-refractivity contribution in [2.75, 3.05) is 6.61 Å². The highest BCUT2D eigenvalue weighted by Gasteiger charge is 2.21. The Balaban J connectivity index is 2.38. The predicted octanol–water partition coefficient (Wildman–Crippen LogP) is 4.80. The number of ether oxygens (including phenoxy) is 1. The van der Waals surface area contributed by atoms with Crippen LogP contribution in [0.3, 0.4) is 0 Å². The van der Waals surface area contributed by atoms with E-state index in [1.807, 2.05) is 0 Å². The van der Waals surface area contributed by atoms with Gasteiger partial charge in [0.1, 0.15) is 12.0 Å². The van der Waals surface area contributed by atoms with Crippen LogP contribution in [0.1, 0.15) is 19.5 Å². The summed E-state index contributed by atoms with van der Waals surface area (Å²) in [6.45, 7) is 4.90. The zero-order chi connectivity index (χ0) is 19.9. The fraction of sp³-hybridized carbons (Fsp3) is 0.263. The van der Waals surface area contributed by atoms with Crippen molar-refractivity contribution in [1.29, 1.82) is 0 Å². The summed E-state index contributed by atoms with van der Waals surface area (Å²) in [5, 5.41) is 11.2. The summed E-state index contributed by atoms with van der Waals surface area (Å²) >= 11 is 19.2. The molecule has 8 heteroatoms. The lowest BCUT2D eigenvalue weighted by atomic mass is 10.1. The Morgan fingerprint density at radius 1 is 1.19 bits per heavy atom. The Labute approximate surface area is 171 Å². The Kier molecular flexibility index (Phi) is 5.41. The maximum Gasteiger partial charge on any atom is 0.227 e. The van der Waals surface area contributed by atoms with Gasteiger partial charge in [-0.3, -0.25) is 4.79 Å². The lowest BCUT2D eigenvalue weighted by molar-refractivity contribution is 0.0274. The maximum absolute atomic E-state index is 12.7. The van der Waals surface area contributed by atoms with E-state index in [1.54, 1.807) is 43.5 Å². The molecule has 0 aliphatic rings. The van der Waals surface area contributed by atoms with Gasteiger partial charge in [0.2, 0.25) is 5.88 Å². The van der Waals surface area contributed by atoms with Crippen molar-refractivity contribution < 1.29 is 9.84 Å². The number of aromatic nitrogens is 2. The molecule has 0 aliphatic carbocycles. The zero-order valence-electron chi connectivity index (χ0n) is 14.9. The summed E-state index contributed by atoms with van der Waals surface area (Å²) in [7, 11) is 0. The third-order valence-corrected chi connectivity index (χ3v) is 4.74. The Morgan fingerprint density at radius 3 is 2.41 bits per heavy atom. The van der Waals surface area contributed by atoms with Crippen LogP contribution in [0.25, 0.3) is 16.6 Å². The number of hydrogen-bond donors (Lipinski definition) is 1. The molecule has 1 aromatic carbocycles. The van der Waals surface area contributed by atoms with E-state index in [0.717, 1.165) is 0 Å². The minimum atomic E-state index is -1.09. The van der Waals surface area contributed by atoms with Gasteiger partial charge in [-0.1, -0.05) is 40.9 Å². The van der Waals surface area contributed by atoms with Crippen LogP contribution in [0.15, 0.2) is 35.3 Å². The quantitative estimate of drug-likeness (QED) is 0.649. The first-order valence-electron chi connectivity index (χ1n) is 8.10. The van der Waals surface area contributed by atoms with Crippen molar-refractivity contribution in [3.8, 4) is 11.6 Å². The number of para-hydroxylation sites is 1. The van der Waals surface area contributed by atoms with E-state index in [4.69, 9.17) is 39.5 Å². The first kappa shape index (κ1) is 20.0. The molecule has 0 unspecified atom stereocenters. The molecule has 1 N–H and O–H groups in total. The third-order valence-electron chi connectivity index (χ3n) is 3.86. The van der Waals surface area contributed by atoms with Crippen LogP contribution < -0.4 is 10.2 Å². The van der Waals surface area contributed by atoms with Gasteiger partial charge in [0.25, 0.3) is 0 Å². The van der Waals surface area contributed by atoms with Gasteiger partial charge in [0.15, 0.2) is 5.43 Å². The van der Waals surface area contributed by atoms with Crippen molar-refractivity contribution in [2.24, 2.45) is 0 Å². The summed E-state index contributed by atoms with van der Waals surface area (Å²) in [4.78, 5) is 16.9. The normalized spacial score (nSPS) is 11.8. The highest BCUT2D eigenvalue weighted by atomic mass is 35.5. The van der Waals surface area contributed by atoms with E-state index in [-0.39, 0.29) is 28.3 Å². The van der Waals surface area contributed by atoms with Gasteiger partial charge in [0.05, 0.1) is 38.1 Å². The van der Waals surface area contributed by atoms with Gasteiger partial charge in [0, 0.05) is 11.8 Å². The van der Waals surface area contributed by atoms with E-state index in [9.17, 15) is 9.90 Å². The highest BCUT2D eigenvalue weighted by Crippen LogP contribution is 2.35. The number of aryl methyl sites for hydroxylation is 1. The predicted molar refractivity (Wildman–Crippen MR) is 109 cm³/mol. The zero-order valence-corrected chi connectivity index (χ0v) is 17.2. The molecular weight excluding hydrogens is 411 g/mol. The summed E-state index contributed by atoms with van der Waals surface area (Å²) in [6.07, 6.45) is 1.39.